The van der Waals surface area contributed by atoms with E-state index >= 15 is 0 Å². The minimum atomic E-state index is -0.0959. The zero-order valence-electron chi connectivity index (χ0n) is 14.1. The summed E-state index contributed by atoms with van der Waals surface area (Å²) in [4.78, 5) is 20.5. The fourth-order valence-corrected chi connectivity index (χ4v) is 2.38. The molecular weight excluding hydrogens is 316 g/mol. The summed E-state index contributed by atoms with van der Waals surface area (Å²) in [5.41, 5.74) is 1.76. The molecule has 0 saturated heterocycles. The van der Waals surface area contributed by atoms with Gasteiger partial charge in [0.25, 0.3) is 0 Å². The molecule has 3 aromatic rings. The first-order chi connectivity index (χ1) is 12.2. The lowest BCUT2D eigenvalue weighted by molar-refractivity contribution is -0.117. The van der Waals surface area contributed by atoms with Crippen LogP contribution in [0.3, 0.4) is 0 Å². The van der Waals surface area contributed by atoms with Crippen molar-refractivity contribution in [3.05, 3.63) is 72.4 Å². The number of amides is 1. The standard InChI is InChI=1S/C19H20N4O2/c1-15-20-10-11-23(15)18-8-7-17(13-21-18)22-19(24)9-12-25-14-16-5-3-2-4-6-16/h2-8,10-11,13H,9,12,14H2,1H3,(H,22,24). The maximum absolute atomic E-state index is 12.0. The molecule has 0 unspecified atom stereocenters. The summed E-state index contributed by atoms with van der Waals surface area (Å²) in [6, 6.07) is 13.6. The molecule has 0 aliphatic carbocycles. The van der Waals surface area contributed by atoms with Crippen LogP contribution in [0.5, 0.6) is 0 Å². The number of carbonyl (C=O) groups is 1. The fraction of sp³-hybridized carbons (Fsp3) is 0.211. The molecule has 0 spiro atoms. The molecule has 2 aromatic heterocycles. The molecule has 0 radical (unpaired) electrons. The summed E-state index contributed by atoms with van der Waals surface area (Å²) in [5, 5.41) is 2.82. The number of nitrogens with zero attached hydrogens (tertiary/aromatic N) is 3. The van der Waals surface area contributed by atoms with E-state index in [-0.39, 0.29) is 5.91 Å². The Balaban J connectivity index is 1.44. The van der Waals surface area contributed by atoms with Crippen molar-refractivity contribution in [2.75, 3.05) is 11.9 Å². The van der Waals surface area contributed by atoms with Crippen LogP contribution in [0.1, 0.15) is 17.8 Å². The fourth-order valence-electron chi connectivity index (χ4n) is 2.38. The highest BCUT2D eigenvalue weighted by atomic mass is 16.5. The van der Waals surface area contributed by atoms with Crippen LogP contribution in [0.25, 0.3) is 5.82 Å². The Morgan fingerprint density at radius 3 is 2.68 bits per heavy atom. The van der Waals surface area contributed by atoms with Gasteiger partial charge in [-0.2, -0.15) is 0 Å². The van der Waals surface area contributed by atoms with E-state index in [9.17, 15) is 4.79 Å². The van der Waals surface area contributed by atoms with Crippen LogP contribution in [0.2, 0.25) is 0 Å². The van der Waals surface area contributed by atoms with Gasteiger partial charge in [-0.1, -0.05) is 30.3 Å². The van der Waals surface area contributed by atoms with E-state index in [1.807, 2.05) is 60.2 Å². The number of hydrogen-bond acceptors (Lipinski definition) is 4. The summed E-state index contributed by atoms with van der Waals surface area (Å²) in [6.45, 7) is 2.79. The minimum absolute atomic E-state index is 0.0959. The van der Waals surface area contributed by atoms with Gasteiger partial charge >= 0.3 is 0 Å². The molecule has 1 amide bonds. The molecule has 6 nitrogen and oxygen atoms in total. The number of imidazole rings is 1. The number of benzene rings is 1. The zero-order chi connectivity index (χ0) is 17.5. The zero-order valence-corrected chi connectivity index (χ0v) is 14.1. The van der Waals surface area contributed by atoms with Crippen LogP contribution in [0.15, 0.2) is 61.1 Å². The van der Waals surface area contributed by atoms with Gasteiger partial charge in [-0.3, -0.25) is 9.36 Å². The molecule has 25 heavy (non-hydrogen) atoms. The second-order valence-electron chi connectivity index (χ2n) is 5.59. The van der Waals surface area contributed by atoms with Gasteiger partial charge in [-0.05, 0) is 24.6 Å². The smallest absolute Gasteiger partial charge is 0.226 e. The van der Waals surface area contributed by atoms with E-state index in [1.54, 1.807) is 12.4 Å². The summed E-state index contributed by atoms with van der Waals surface area (Å²) >= 11 is 0. The number of hydrogen-bond donors (Lipinski definition) is 1. The normalized spacial score (nSPS) is 10.6. The quantitative estimate of drug-likeness (QED) is 0.673. The number of carbonyl (C=O) groups excluding carboxylic acids is 1. The first-order valence-electron chi connectivity index (χ1n) is 8.10. The molecule has 0 fully saturated rings. The molecule has 0 bridgehead atoms. The van der Waals surface area contributed by atoms with E-state index in [0.717, 1.165) is 17.2 Å². The van der Waals surface area contributed by atoms with Crippen molar-refractivity contribution in [1.82, 2.24) is 14.5 Å². The summed E-state index contributed by atoms with van der Waals surface area (Å²) in [5.74, 6) is 1.53. The molecule has 3 rings (SSSR count). The highest BCUT2D eigenvalue weighted by Gasteiger charge is 2.05. The highest BCUT2D eigenvalue weighted by Crippen LogP contribution is 2.11. The third-order valence-corrected chi connectivity index (χ3v) is 3.69. The summed E-state index contributed by atoms with van der Waals surface area (Å²) < 4.78 is 7.40. The molecule has 1 aromatic carbocycles. The van der Waals surface area contributed by atoms with Crippen molar-refractivity contribution in [3.63, 3.8) is 0 Å². The topological polar surface area (TPSA) is 69.0 Å². The minimum Gasteiger partial charge on any atom is -0.376 e. The van der Waals surface area contributed by atoms with Crippen LogP contribution in [-0.2, 0) is 16.1 Å². The largest absolute Gasteiger partial charge is 0.376 e. The Morgan fingerprint density at radius 2 is 2.00 bits per heavy atom. The number of aryl methyl sites for hydroxylation is 1. The van der Waals surface area contributed by atoms with Crippen molar-refractivity contribution in [2.45, 2.75) is 20.0 Å². The van der Waals surface area contributed by atoms with E-state index in [4.69, 9.17) is 4.74 Å². The van der Waals surface area contributed by atoms with Crippen molar-refractivity contribution in [1.29, 1.82) is 0 Å². The number of rotatable bonds is 7. The van der Waals surface area contributed by atoms with Crippen molar-refractivity contribution < 1.29 is 9.53 Å². The Bertz CT molecular complexity index is 813. The first kappa shape index (κ1) is 16.9. The first-order valence-corrected chi connectivity index (χ1v) is 8.10. The molecule has 1 N–H and O–H groups in total. The third-order valence-electron chi connectivity index (χ3n) is 3.69. The number of nitrogens with one attached hydrogen (secondary N) is 1. The third kappa shape index (κ3) is 4.74. The number of pyridine rings is 1. The predicted molar refractivity (Wildman–Crippen MR) is 95.4 cm³/mol. The second-order valence-corrected chi connectivity index (χ2v) is 5.59. The van der Waals surface area contributed by atoms with Crippen LogP contribution in [0.4, 0.5) is 5.69 Å². The van der Waals surface area contributed by atoms with Gasteiger partial charge in [-0.25, -0.2) is 9.97 Å². The average molecular weight is 336 g/mol. The Morgan fingerprint density at radius 1 is 1.16 bits per heavy atom. The van der Waals surface area contributed by atoms with Crippen LogP contribution in [0, 0.1) is 6.92 Å². The second kappa shape index (κ2) is 8.21. The predicted octanol–water partition coefficient (Wildman–Crippen LogP) is 3.12. The molecule has 0 saturated carbocycles. The Labute approximate surface area is 146 Å². The lowest BCUT2D eigenvalue weighted by Crippen LogP contribution is -2.14. The Kier molecular flexibility index (Phi) is 5.53. The lowest BCUT2D eigenvalue weighted by atomic mass is 10.2. The van der Waals surface area contributed by atoms with Gasteiger partial charge in [0.2, 0.25) is 5.91 Å². The van der Waals surface area contributed by atoms with E-state index < -0.39 is 0 Å². The number of aromatic nitrogens is 3. The molecule has 2 heterocycles. The van der Waals surface area contributed by atoms with E-state index in [2.05, 4.69) is 15.3 Å². The van der Waals surface area contributed by atoms with E-state index in [0.29, 0.717) is 25.3 Å². The van der Waals surface area contributed by atoms with Crippen molar-refractivity contribution >= 4 is 11.6 Å². The maximum Gasteiger partial charge on any atom is 0.226 e. The van der Waals surface area contributed by atoms with Gasteiger partial charge in [0.1, 0.15) is 11.6 Å². The highest BCUT2D eigenvalue weighted by molar-refractivity contribution is 5.90. The van der Waals surface area contributed by atoms with Gasteiger partial charge < -0.3 is 10.1 Å². The molecule has 0 atom stereocenters. The van der Waals surface area contributed by atoms with Gasteiger partial charge in [0.05, 0.1) is 31.5 Å². The Hall–Kier alpha value is -2.99. The van der Waals surface area contributed by atoms with E-state index in [1.165, 1.54) is 0 Å². The monoisotopic (exact) mass is 336 g/mol. The average Bonchev–Trinajstić information content (AvgIpc) is 3.06. The number of ether oxygens (including phenoxy) is 1. The lowest BCUT2D eigenvalue weighted by Gasteiger charge is -2.08. The SMILES string of the molecule is Cc1nccn1-c1ccc(NC(=O)CCOCc2ccccc2)cn1. The van der Waals surface area contributed by atoms with Crippen molar-refractivity contribution in [2.24, 2.45) is 0 Å². The summed E-state index contributed by atoms with van der Waals surface area (Å²) in [6.07, 6.45) is 5.51. The van der Waals surface area contributed by atoms with Crippen LogP contribution >= 0.6 is 0 Å². The van der Waals surface area contributed by atoms with Gasteiger partial charge in [0, 0.05) is 12.4 Å². The molecular formula is C19H20N4O2. The molecule has 0 aliphatic heterocycles. The number of anilines is 1. The molecule has 128 valence electrons. The van der Waals surface area contributed by atoms with Crippen LogP contribution in [-0.4, -0.2) is 27.0 Å². The summed E-state index contributed by atoms with van der Waals surface area (Å²) in [7, 11) is 0. The maximum atomic E-state index is 12.0. The van der Waals surface area contributed by atoms with Gasteiger partial charge in [-0.15, -0.1) is 0 Å². The van der Waals surface area contributed by atoms with Gasteiger partial charge in [0.15, 0.2) is 0 Å². The van der Waals surface area contributed by atoms with Crippen molar-refractivity contribution in [3.8, 4) is 5.82 Å². The molecule has 0 aliphatic rings. The van der Waals surface area contributed by atoms with Crippen LogP contribution < -0.4 is 5.32 Å². The molecule has 6 heteroatoms.